The maximum atomic E-state index is 12.5. The lowest BCUT2D eigenvalue weighted by molar-refractivity contribution is 0.566. The highest BCUT2D eigenvalue weighted by atomic mass is 32.2. The van der Waals surface area contributed by atoms with Crippen LogP contribution in [-0.4, -0.2) is 13.4 Å². The molecule has 1 aromatic heterocycles. The Hall–Kier alpha value is -1.28. The van der Waals surface area contributed by atoms with Crippen molar-refractivity contribution < 1.29 is 8.42 Å². The van der Waals surface area contributed by atoms with Gasteiger partial charge in [0.05, 0.1) is 4.90 Å². The molecule has 1 unspecified atom stereocenters. The Bertz CT molecular complexity index is 753. The molecule has 2 aromatic rings. The zero-order valence-corrected chi connectivity index (χ0v) is 14.1. The van der Waals surface area contributed by atoms with Crippen LogP contribution in [0.15, 0.2) is 39.9 Å². The highest BCUT2D eigenvalue weighted by Gasteiger charge is 2.21. The van der Waals surface area contributed by atoms with Gasteiger partial charge >= 0.3 is 0 Å². The number of rotatable bonds is 5. The van der Waals surface area contributed by atoms with Crippen molar-refractivity contribution in [2.24, 2.45) is 5.73 Å². The largest absolute Gasteiger partial charge is 0.389 e. The van der Waals surface area contributed by atoms with E-state index in [1.165, 1.54) is 17.4 Å². The summed E-state index contributed by atoms with van der Waals surface area (Å²) in [5, 5.41) is 3.84. The van der Waals surface area contributed by atoms with E-state index >= 15 is 0 Å². The molecule has 0 fully saturated rings. The zero-order valence-electron chi connectivity index (χ0n) is 11.7. The number of nitrogens with two attached hydrogens (primary N) is 1. The maximum absolute atomic E-state index is 12.5. The van der Waals surface area contributed by atoms with Gasteiger partial charge < -0.3 is 5.73 Å². The molecule has 0 spiro atoms. The molecule has 0 aliphatic rings. The minimum absolute atomic E-state index is 0.178. The van der Waals surface area contributed by atoms with Crippen LogP contribution in [0.5, 0.6) is 0 Å². The van der Waals surface area contributed by atoms with E-state index in [4.69, 9.17) is 18.0 Å². The number of hydrogen-bond donors (Lipinski definition) is 2. The van der Waals surface area contributed by atoms with Crippen molar-refractivity contribution in [3.8, 4) is 0 Å². The minimum Gasteiger partial charge on any atom is -0.389 e. The van der Waals surface area contributed by atoms with Crippen LogP contribution in [0.4, 0.5) is 0 Å². The van der Waals surface area contributed by atoms with E-state index in [0.717, 1.165) is 5.56 Å². The normalized spacial score (nSPS) is 13.0. The molecule has 112 valence electrons. The number of thiophene rings is 1. The Morgan fingerprint density at radius 3 is 2.67 bits per heavy atom. The molecular weight excluding hydrogens is 324 g/mol. The molecule has 0 amide bonds. The first-order valence-corrected chi connectivity index (χ1v) is 9.09. The summed E-state index contributed by atoms with van der Waals surface area (Å²) in [7, 11) is -3.63. The third kappa shape index (κ3) is 3.68. The van der Waals surface area contributed by atoms with Crippen LogP contribution in [0.3, 0.4) is 0 Å². The van der Waals surface area contributed by atoms with E-state index in [2.05, 4.69) is 4.72 Å². The van der Waals surface area contributed by atoms with Gasteiger partial charge in [0, 0.05) is 11.6 Å². The van der Waals surface area contributed by atoms with Crippen LogP contribution in [0.25, 0.3) is 0 Å². The monoisotopic (exact) mass is 340 g/mol. The lowest BCUT2D eigenvalue weighted by atomic mass is 10.1. The van der Waals surface area contributed by atoms with Crippen molar-refractivity contribution in [2.75, 3.05) is 0 Å². The number of benzene rings is 1. The molecular formula is C14H16N2O2S3. The summed E-state index contributed by atoms with van der Waals surface area (Å²) >= 11 is 6.44. The van der Waals surface area contributed by atoms with Gasteiger partial charge in [-0.3, -0.25) is 0 Å². The van der Waals surface area contributed by atoms with Crippen molar-refractivity contribution in [3.05, 3.63) is 51.7 Å². The highest BCUT2D eigenvalue weighted by Crippen LogP contribution is 2.22. The SMILES string of the molecule is Cc1ccc(C(N)=S)cc1S(=O)(=O)NC(C)c1ccsc1. The first-order valence-electron chi connectivity index (χ1n) is 6.26. The van der Waals surface area contributed by atoms with Crippen LogP contribution in [0.2, 0.25) is 0 Å². The van der Waals surface area contributed by atoms with E-state index in [1.807, 2.05) is 23.8 Å². The minimum atomic E-state index is -3.63. The van der Waals surface area contributed by atoms with Crippen LogP contribution in [0.1, 0.15) is 29.7 Å². The molecule has 1 heterocycles. The molecule has 2 rings (SSSR count). The molecule has 0 bridgehead atoms. The molecule has 7 heteroatoms. The van der Waals surface area contributed by atoms with Gasteiger partial charge in [-0.25, -0.2) is 13.1 Å². The van der Waals surface area contributed by atoms with E-state index in [0.29, 0.717) is 11.1 Å². The number of hydrogen-bond acceptors (Lipinski definition) is 4. The van der Waals surface area contributed by atoms with Crippen molar-refractivity contribution in [2.45, 2.75) is 24.8 Å². The fraction of sp³-hybridized carbons (Fsp3) is 0.214. The van der Waals surface area contributed by atoms with Crippen LogP contribution in [0, 0.1) is 6.92 Å². The number of sulfonamides is 1. The van der Waals surface area contributed by atoms with E-state index in [-0.39, 0.29) is 15.9 Å². The number of thiocarbonyl (C=S) groups is 1. The van der Waals surface area contributed by atoms with Gasteiger partial charge in [-0.05, 0) is 47.9 Å². The maximum Gasteiger partial charge on any atom is 0.241 e. The van der Waals surface area contributed by atoms with Crippen molar-refractivity contribution >= 4 is 38.6 Å². The van der Waals surface area contributed by atoms with Crippen LogP contribution >= 0.6 is 23.6 Å². The molecule has 0 radical (unpaired) electrons. The molecule has 0 saturated carbocycles. The van der Waals surface area contributed by atoms with Gasteiger partial charge in [-0.2, -0.15) is 11.3 Å². The summed E-state index contributed by atoms with van der Waals surface area (Å²) in [5.41, 5.74) is 7.70. The van der Waals surface area contributed by atoms with Gasteiger partial charge in [-0.1, -0.05) is 24.4 Å². The summed E-state index contributed by atoms with van der Waals surface area (Å²) in [6, 6.07) is 6.54. The second-order valence-corrected chi connectivity index (χ2v) is 7.65. The fourth-order valence-corrected chi connectivity index (χ4v) is 4.31. The van der Waals surface area contributed by atoms with Crippen molar-refractivity contribution in [3.63, 3.8) is 0 Å². The number of nitrogens with one attached hydrogen (secondary N) is 1. The smallest absolute Gasteiger partial charge is 0.241 e. The first-order chi connectivity index (χ1) is 9.81. The van der Waals surface area contributed by atoms with Crippen LogP contribution < -0.4 is 10.5 Å². The Kier molecular flexibility index (Phi) is 4.77. The zero-order chi connectivity index (χ0) is 15.6. The van der Waals surface area contributed by atoms with Gasteiger partial charge in [-0.15, -0.1) is 0 Å². The quantitative estimate of drug-likeness (QED) is 0.821. The third-order valence-electron chi connectivity index (χ3n) is 3.14. The lowest BCUT2D eigenvalue weighted by Gasteiger charge is -2.15. The molecule has 0 saturated heterocycles. The summed E-state index contributed by atoms with van der Waals surface area (Å²) in [4.78, 5) is 0.382. The molecule has 0 aliphatic carbocycles. The summed E-state index contributed by atoms with van der Waals surface area (Å²) in [5.74, 6) is 0. The second kappa shape index (κ2) is 6.23. The molecule has 3 N–H and O–H groups in total. The standard InChI is InChI=1S/C14H16N2O2S3/c1-9-3-4-11(14(15)19)7-13(9)21(17,18)16-10(2)12-5-6-20-8-12/h3-8,10,16H,1-2H3,(H2,15,19). The Morgan fingerprint density at radius 2 is 2.10 bits per heavy atom. The molecule has 4 nitrogen and oxygen atoms in total. The predicted molar refractivity (Wildman–Crippen MR) is 90.1 cm³/mol. The summed E-state index contributed by atoms with van der Waals surface area (Å²) < 4.78 is 27.8. The second-order valence-electron chi connectivity index (χ2n) is 4.74. The van der Waals surface area contributed by atoms with Crippen molar-refractivity contribution in [1.29, 1.82) is 0 Å². The molecule has 1 aromatic carbocycles. The van der Waals surface area contributed by atoms with E-state index in [9.17, 15) is 8.42 Å². The predicted octanol–water partition coefficient (Wildman–Crippen LogP) is 2.73. The lowest BCUT2D eigenvalue weighted by Crippen LogP contribution is -2.27. The Labute approximate surface area is 134 Å². The Morgan fingerprint density at radius 1 is 1.38 bits per heavy atom. The van der Waals surface area contributed by atoms with Crippen LogP contribution in [-0.2, 0) is 10.0 Å². The summed E-state index contributed by atoms with van der Waals surface area (Å²) in [6.07, 6.45) is 0. The topological polar surface area (TPSA) is 72.2 Å². The van der Waals surface area contributed by atoms with Gasteiger partial charge in [0.1, 0.15) is 4.99 Å². The molecule has 0 aliphatic heterocycles. The number of aryl methyl sites for hydroxylation is 1. The van der Waals surface area contributed by atoms with E-state index < -0.39 is 10.0 Å². The van der Waals surface area contributed by atoms with Gasteiger partial charge in [0.2, 0.25) is 10.0 Å². The molecule has 21 heavy (non-hydrogen) atoms. The van der Waals surface area contributed by atoms with Gasteiger partial charge in [0.15, 0.2) is 0 Å². The average Bonchev–Trinajstić information content (AvgIpc) is 2.92. The summed E-state index contributed by atoms with van der Waals surface area (Å²) in [6.45, 7) is 3.56. The highest BCUT2D eigenvalue weighted by molar-refractivity contribution is 7.89. The fourth-order valence-electron chi connectivity index (χ4n) is 1.93. The van der Waals surface area contributed by atoms with Gasteiger partial charge in [0.25, 0.3) is 0 Å². The van der Waals surface area contributed by atoms with E-state index in [1.54, 1.807) is 19.1 Å². The molecule has 1 atom stereocenters. The Balaban J connectivity index is 2.35. The third-order valence-corrected chi connectivity index (χ3v) is 5.76. The van der Waals surface area contributed by atoms with Crippen molar-refractivity contribution in [1.82, 2.24) is 4.72 Å². The first kappa shape index (κ1) is 16.1. The average molecular weight is 340 g/mol.